The molecule has 1 aromatic heterocycles. The number of nitrogens with two attached hydrogens (primary N) is 1. The molecule has 21 heavy (non-hydrogen) atoms. The van der Waals surface area contributed by atoms with Gasteiger partial charge in [0.15, 0.2) is 0 Å². The van der Waals surface area contributed by atoms with E-state index in [1.807, 2.05) is 6.92 Å². The summed E-state index contributed by atoms with van der Waals surface area (Å²) in [5.74, 6) is 0.758. The third kappa shape index (κ3) is 3.46. The Morgan fingerprint density at radius 2 is 2.10 bits per heavy atom. The summed E-state index contributed by atoms with van der Waals surface area (Å²) < 4.78 is 10.6. The minimum absolute atomic E-state index is 0.0636. The van der Waals surface area contributed by atoms with Crippen LogP contribution in [0.15, 0.2) is 36.5 Å². The van der Waals surface area contributed by atoms with E-state index in [-0.39, 0.29) is 23.4 Å². The van der Waals surface area contributed by atoms with E-state index in [1.165, 1.54) is 25.3 Å². The number of nitro groups is 1. The lowest BCUT2D eigenvalue weighted by Gasteiger charge is -2.09. The molecule has 2 rings (SSSR count). The summed E-state index contributed by atoms with van der Waals surface area (Å²) in [6, 6.07) is 7.49. The quantitative estimate of drug-likeness (QED) is 0.671. The highest BCUT2D eigenvalue weighted by molar-refractivity contribution is 5.52. The number of nitro benzene ring substituents is 1. The summed E-state index contributed by atoms with van der Waals surface area (Å²) in [5, 5.41) is 11.0. The molecule has 2 N–H and O–H groups in total. The van der Waals surface area contributed by atoms with Gasteiger partial charge in [0.05, 0.1) is 12.0 Å². The van der Waals surface area contributed by atoms with Gasteiger partial charge < -0.3 is 15.2 Å². The Balaban J connectivity index is 2.38. The van der Waals surface area contributed by atoms with E-state index in [2.05, 4.69) is 4.98 Å². The molecule has 1 atom stereocenters. The molecule has 0 radical (unpaired) electrons. The first-order valence-corrected chi connectivity index (χ1v) is 6.23. The van der Waals surface area contributed by atoms with Gasteiger partial charge in [-0.2, -0.15) is 0 Å². The molecule has 1 heterocycles. The largest absolute Gasteiger partial charge is 0.497 e. The summed E-state index contributed by atoms with van der Waals surface area (Å²) >= 11 is 0. The molecule has 1 unspecified atom stereocenters. The summed E-state index contributed by atoms with van der Waals surface area (Å²) in [4.78, 5) is 14.5. The van der Waals surface area contributed by atoms with Crippen LogP contribution >= 0.6 is 0 Å². The molecule has 0 bridgehead atoms. The Labute approximate surface area is 121 Å². The monoisotopic (exact) mass is 289 g/mol. The second-order valence-electron chi connectivity index (χ2n) is 4.41. The first kappa shape index (κ1) is 14.7. The number of nitrogens with zero attached hydrogens (tertiary/aromatic N) is 2. The Hall–Kier alpha value is -2.67. The fourth-order valence-electron chi connectivity index (χ4n) is 1.73. The molecule has 0 spiro atoms. The zero-order valence-corrected chi connectivity index (χ0v) is 11.6. The third-order valence-corrected chi connectivity index (χ3v) is 2.86. The van der Waals surface area contributed by atoms with Crippen molar-refractivity contribution in [3.05, 3.63) is 52.2 Å². The molecule has 7 heteroatoms. The van der Waals surface area contributed by atoms with Gasteiger partial charge in [-0.05, 0) is 24.6 Å². The lowest BCUT2D eigenvalue weighted by Crippen LogP contribution is -2.05. The molecule has 0 aliphatic rings. The summed E-state index contributed by atoms with van der Waals surface area (Å²) in [7, 11) is 1.47. The fourth-order valence-corrected chi connectivity index (χ4v) is 1.73. The van der Waals surface area contributed by atoms with Gasteiger partial charge in [-0.15, -0.1) is 0 Å². The van der Waals surface area contributed by atoms with Crippen LogP contribution in [0.2, 0.25) is 0 Å². The van der Waals surface area contributed by atoms with Crippen LogP contribution in [0.5, 0.6) is 17.4 Å². The van der Waals surface area contributed by atoms with Gasteiger partial charge in [-0.1, -0.05) is 0 Å². The fraction of sp³-hybridized carbons (Fsp3) is 0.214. The Morgan fingerprint density at radius 1 is 1.33 bits per heavy atom. The molecule has 110 valence electrons. The average Bonchev–Trinajstić information content (AvgIpc) is 2.47. The van der Waals surface area contributed by atoms with Gasteiger partial charge in [-0.25, -0.2) is 4.98 Å². The Morgan fingerprint density at radius 3 is 2.71 bits per heavy atom. The van der Waals surface area contributed by atoms with E-state index in [9.17, 15) is 10.1 Å². The van der Waals surface area contributed by atoms with Gasteiger partial charge in [-0.3, -0.25) is 10.1 Å². The van der Waals surface area contributed by atoms with Gasteiger partial charge in [0.1, 0.15) is 5.75 Å². The number of methoxy groups -OCH3 is 1. The molecule has 0 amide bonds. The van der Waals surface area contributed by atoms with Crippen molar-refractivity contribution in [2.24, 2.45) is 5.73 Å². The number of pyridine rings is 1. The average molecular weight is 289 g/mol. The normalized spacial score (nSPS) is 11.8. The van der Waals surface area contributed by atoms with Crippen LogP contribution < -0.4 is 15.2 Å². The maximum absolute atomic E-state index is 11.0. The molecular formula is C14H15N3O4. The minimum atomic E-state index is -0.524. The first-order valence-electron chi connectivity index (χ1n) is 6.23. The number of ether oxygens (including phenoxy) is 2. The lowest BCUT2D eigenvalue weighted by molar-refractivity contribution is -0.385. The number of benzene rings is 1. The number of hydrogen-bond acceptors (Lipinski definition) is 6. The standard InChI is InChI=1S/C14H15N3O4/c1-9(15)10-5-6-16-14(7-10)21-13-8-11(20-2)3-4-12(13)17(18)19/h3-9H,15H2,1-2H3. The van der Waals surface area contributed by atoms with Crippen molar-refractivity contribution >= 4 is 5.69 Å². The predicted octanol–water partition coefficient (Wildman–Crippen LogP) is 2.81. The minimum Gasteiger partial charge on any atom is -0.497 e. The molecule has 0 aliphatic heterocycles. The number of hydrogen-bond donors (Lipinski definition) is 1. The lowest BCUT2D eigenvalue weighted by atomic mass is 10.1. The Kier molecular flexibility index (Phi) is 4.34. The molecule has 0 aliphatic carbocycles. The molecule has 7 nitrogen and oxygen atoms in total. The van der Waals surface area contributed by atoms with Crippen molar-refractivity contribution in [3.8, 4) is 17.4 Å². The van der Waals surface area contributed by atoms with Crippen molar-refractivity contribution in [2.75, 3.05) is 7.11 Å². The van der Waals surface area contributed by atoms with E-state index < -0.39 is 4.92 Å². The van der Waals surface area contributed by atoms with Gasteiger partial charge in [0.25, 0.3) is 0 Å². The van der Waals surface area contributed by atoms with Gasteiger partial charge in [0.2, 0.25) is 11.6 Å². The smallest absolute Gasteiger partial charge is 0.311 e. The maximum atomic E-state index is 11.0. The molecule has 0 saturated carbocycles. The molecule has 0 saturated heterocycles. The zero-order chi connectivity index (χ0) is 15.4. The maximum Gasteiger partial charge on any atom is 0.311 e. The highest BCUT2D eigenvalue weighted by atomic mass is 16.6. The molecule has 0 fully saturated rings. The Bertz CT molecular complexity index is 658. The van der Waals surface area contributed by atoms with Crippen molar-refractivity contribution in [1.29, 1.82) is 0 Å². The van der Waals surface area contributed by atoms with E-state index in [0.717, 1.165) is 5.56 Å². The first-order chi connectivity index (χ1) is 10.0. The van der Waals surface area contributed by atoms with Crippen LogP contribution in [0.1, 0.15) is 18.5 Å². The second-order valence-corrected chi connectivity index (χ2v) is 4.41. The van der Waals surface area contributed by atoms with Crippen LogP contribution in [0.3, 0.4) is 0 Å². The predicted molar refractivity (Wildman–Crippen MR) is 76.6 cm³/mol. The van der Waals surface area contributed by atoms with Crippen molar-refractivity contribution in [2.45, 2.75) is 13.0 Å². The molecule has 2 aromatic rings. The summed E-state index contributed by atoms with van der Waals surface area (Å²) in [6.45, 7) is 1.83. The number of aromatic nitrogens is 1. The topological polar surface area (TPSA) is 101 Å². The zero-order valence-electron chi connectivity index (χ0n) is 11.6. The van der Waals surface area contributed by atoms with Crippen LogP contribution in [0.4, 0.5) is 5.69 Å². The highest BCUT2D eigenvalue weighted by Gasteiger charge is 2.17. The van der Waals surface area contributed by atoms with E-state index in [0.29, 0.717) is 5.75 Å². The van der Waals surface area contributed by atoms with Gasteiger partial charge in [0, 0.05) is 30.4 Å². The highest BCUT2D eigenvalue weighted by Crippen LogP contribution is 2.34. The van der Waals surface area contributed by atoms with Crippen molar-refractivity contribution in [1.82, 2.24) is 4.98 Å². The third-order valence-electron chi connectivity index (χ3n) is 2.86. The van der Waals surface area contributed by atoms with Crippen molar-refractivity contribution < 1.29 is 14.4 Å². The molecular weight excluding hydrogens is 274 g/mol. The van der Waals surface area contributed by atoms with Crippen LogP contribution in [-0.4, -0.2) is 17.0 Å². The van der Waals surface area contributed by atoms with Crippen LogP contribution in [-0.2, 0) is 0 Å². The summed E-state index contributed by atoms with van der Waals surface area (Å²) in [6.07, 6.45) is 1.54. The van der Waals surface area contributed by atoms with Crippen LogP contribution in [0, 0.1) is 10.1 Å². The van der Waals surface area contributed by atoms with E-state index in [4.69, 9.17) is 15.2 Å². The van der Waals surface area contributed by atoms with Gasteiger partial charge >= 0.3 is 5.69 Å². The molecule has 1 aromatic carbocycles. The summed E-state index contributed by atoms with van der Waals surface area (Å²) in [5.41, 5.74) is 6.45. The van der Waals surface area contributed by atoms with Crippen molar-refractivity contribution in [3.63, 3.8) is 0 Å². The second kappa shape index (κ2) is 6.19. The van der Waals surface area contributed by atoms with Crippen LogP contribution in [0.25, 0.3) is 0 Å². The number of rotatable bonds is 5. The van der Waals surface area contributed by atoms with E-state index in [1.54, 1.807) is 18.3 Å². The SMILES string of the molecule is COc1ccc([N+](=O)[O-])c(Oc2cc(C(C)N)ccn2)c1. The van der Waals surface area contributed by atoms with E-state index >= 15 is 0 Å².